The predicted octanol–water partition coefficient (Wildman–Crippen LogP) is 3.63. The first-order chi connectivity index (χ1) is 10.2. The maximum Gasteiger partial charge on any atom is 0.125 e. The van der Waals surface area contributed by atoms with Crippen molar-refractivity contribution in [1.82, 2.24) is 15.3 Å². The molecule has 21 heavy (non-hydrogen) atoms. The molecule has 2 rings (SSSR count). The average Bonchev–Trinajstić information content (AvgIpc) is 2.46. The van der Waals surface area contributed by atoms with Crippen LogP contribution in [0.5, 0.6) is 5.75 Å². The van der Waals surface area contributed by atoms with Crippen LogP contribution in [0.1, 0.15) is 30.4 Å². The Bertz CT molecular complexity index is 589. The van der Waals surface area contributed by atoms with Crippen LogP contribution in [-0.4, -0.2) is 16.6 Å². The molecule has 1 aromatic heterocycles. The number of aryl methyl sites for hydroxylation is 1. The number of nitrogens with one attached hydrogen (secondary N) is 1. The lowest BCUT2D eigenvalue weighted by Gasteiger charge is -2.12. The lowest BCUT2D eigenvalue weighted by atomic mass is 10.2. The zero-order valence-corrected chi connectivity index (χ0v) is 14.0. The molecule has 0 radical (unpaired) electrons. The first kappa shape index (κ1) is 15.9. The van der Waals surface area contributed by atoms with Gasteiger partial charge in [0, 0.05) is 29.3 Å². The van der Waals surface area contributed by atoms with Gasteiger partial charge in [0.15, 0.2) is 0 Å². The average molecular weight is 350 g/mol. The van der Waals surface area contributed by atoms with Crippen LogP contribution in [0.3, 0.4) is 0 Å². The molecule has 0 amide bonds. The van der Waals surface area contributed by atoms with E-state index in [4.69, 9.17) is 4.74 Å². The summed E-state index contributed by atoms with van der Waals surface area (Å²) < 4.78 is 6.83. The molecule has 0 aliphatic rings. The summed E-state index contributed by atoms with van der Waals surface area (Å²) in [6.07, 6.45) is 2.79. The predicted molar refractivity (Wildman–Crippen MR) is 87.2 cm³/mol. The summed E-state index contributed by atoms with van der Waals surface area (Å²) in [5.74, 6) is 1.73. The van der Waals surface area contributed by atoms with E-state index in [1.54, 1.807) is 6.20 Å². The zero-order valence-electron chi connectivity index (χ0n) is 12.4. The summed E-state index contributed by atoms with van der Waals surface area (Å²) >= 11 is 3.51. The second kappa shape index (κ2) is 8.10. The van der Waals surface area contributed by atoms with Crippen LogP contribution >= 0.6 is 15.9 Å². The number of halogens is 1. The van der Waals surface area contributed by atoms with E-state index in [1.807, 2.05) is 25.1 Å². The molecular weight excluding hydrogens is 330 g/mol. The topological polar surface area (TPSA) is 47.0 Å². The van der Waals surface area contributed by atoms with Crippen molar-refractivity contribution in [2.75, 3.05) is 6.61 Å². The third-order valence-electron chi connectivity index (χ3n) is 2.94. The number of aromatic nitrogens is 2. The molecule has 0 saturated heterocycles. The Kier molecular flexibility index (Phi) is 6.14. The molecule has 0 atom stereocenters. The molecule has 0 unspecified atom stereocenters. The van der Waals surface area contributed by atoms with Gasteiger partial charge in [0.2, 0.25) is 0 Å². The monoisotopic (exact) mass is 349 g/mol. The minimum absolute atomic E-state index is 0.711. The molecule has 1 N–H and O–H groups in total. The number of benzene rings is 1. The van der Waals surface area contributed by atoms with Crippen molar-refractivity contribution in [2.45, 2.75) is 33.4 Å². The van der Waals surface area contributed by atoms with Crippen LogP contribution in [0.4, 0.5) is 0 Å². The van der Waals surface area contributed by atoms with Gasteiger partial charge in [-0.2, -0.15) is 0 Å². The Hall–Kier alpha value is -1.46. The highest BCUT2D eigenvalue weighted by atomic mass is 79.9. The molecule has 5 heteroatoms. The largest absolute Gasteiger partial charge is 0.493 e. The molecule has 2 aromatic rings. The third kappa shape index (κ3) is 5.10. The van der Waals surface area contributed by atoms with Gasteiger partial charge in [0.25, 0.3) is 0 Å². The molecule has 1 heterocycles. The second-order valence-electron chi connectivity index (χ2n) is 4.80. The normalized spacial score (nSPS) is 10.6. The van der Waals surface area contributed by atoms with E-state index in [9.17, 15) is 0 Å². The van der Waals surface area contributed by atoms with Crippen molar-refractivity contribution in [3.8, 4) is 5.75 Å². The van der Waals surface area contributed by atoms with E-state index in [2.05, 4.69) is 44.2 Å². The maximum atomic E-state index is 5.78. The van der Waals surface area contributed by atoms with Crippen LogP contribution < -0.4 is 10.1 Å². The molecule has 0 spiro atoms. The van der Waals surface area contributed by atoms with Crippen LogP contribution in [0.25, 0.3) is 0 Å². The second-order valence-corrected chi connectivity index (χ2v) is 5.71. The van der Waals surface area contributed by atoms with Gasteiger partial charge in [-0.3, -0.25) is 0 Å². The lowest BCUT2D eigenvalue weighted by molar-refractivity contribution is 0.313. The number of ether oxygens (including phenoxy) is 1. The molecule has 0 saturated carbocycles. The Morgan fingerprint density at radius 3 is 2.86 bits per heavy atom. The standard InChI is InChI=1S/C16H20BrN3O/c1-3-8-21-16-5-4-14(17)9-13(16)10-18-11-15-6-7-19-12(2)20-15/h4-7,9,18H,3,8,10-11H2,1-2H3. The van der Waals surface area contributed by atoms with Gasteiger partial charge in [-0.25, -0.2) is 9.97 Å². The van der Waals surface area contributed by atoms with Crippen LogP contribution in [-0.2, 0) is 13.1 Å². The smallest absolute Gasteiger partial charge is 0.125 e. The SMILES string of the molecule is CCCOc1ccc(Br)cc1CNCc1ccnc(C)n1. The summed E-state index contributed by atoms with van der Waals surface area (Å²) in [7, 11) is 0. The Morgan fingerprint density at radius 2 is 2.10 bits per heavy atom. The van der Waals surface area contributed by atoms with E-state index in [0.29, 0.717) is 6.54 Å². The van der Waals surface area contributed by atoms with Crippen molar-refractivity contribution in [3.05, 3.63) is 52.0 Å². The number of hydrogen-bond donors (Lipinski definition) is 1. The van der Waals surface area contributed by atoms with Crippen LogP contribution in [0.15, 0.2) is 34.9 Å². The molecule has 1 aromatic carbocycles. The molecule has 0 fully saturated rings. The van der Waals surface area contributed by atoms with Gasteiger partial charge >= 0.3 is 0 Å². The molecule has 4 nitrogen and oxygen atoms in total. The summed E-state index contributed by atoms with van der Waals surface area (Å²) in [6, 6.07) is 8.02. The first-order valence-corrected chi connectivity index (χ1v) is 7.89. The quantitative estimate of drug-likeness (QED) is 0.829. The Balaban J connectivity index is 1.97. The number of nitrogens with zero attached hydrogens (tertiary/aromatic N) is 2. The van der Waals surface area contributed by atoms with Crippen molar-refractivity contribution >= 4 is 15.9 Å². The molecule has 0 aliphatic heterocycles. The van der Waals surface area contributed by atoms with Gasteiger partial charge in [-0.1, -0.05) is 22.9 Å². The summed E-state index contributed by atoms with van der Waals surface area (Å²) in [6.45, 7) is 6.19. The fourth-order valence-electron chi connectivity index (χ4n) is 1.97. The Morgan fingerprint density at radius 1 is 1.24 bits per heavy atom. The fraction of sp³-hybridized carbons (Fsp3) is 0.375. The highest BCUT2D eigenvalue weighted by molar-refractivity contribution is 9.10. The van der Waals surface area contributed by atoms with Gasteiger partial charge in [0.1, 0.15) is 11.6 Å². The minimum atomic E-state index is 0.711. The fourth-order valence-corrected chi connectivity index (χ4v) is 2.38. The highest BCUT2D eigenvalue weighted by Crippen LogP contribution is 2.23. The van der Waals surface area contributed by atoms with Crippen molar-refractivity contribution in [1.29, 1.82) is 0 Å². The minimum Gasteiger partial charge on any atom is -0.493 e. The zero-order chi connectivity index (χ0) is 15.1. The third-order valence-corrected chi connectivity index (χ3v) is 3.43. The van der Waals surface area contributed by atoms with Crippen LogP contribution in [0.2, 0.25) is 0 Å². The maximum absolute atomic E-state index is 5.78. The van der Waals surface area contributed by atoms with Crippen LogP contribution in [0, 0.1) is 6.92 Å². The van der Waals surface area contributed by atoms with Crippen molar-refractivity contribution in [3.63, 3.8) is 0 Å². The highest BCUT2D eigenvalue weighted by Gasteiger charge is 2.05. The van der Waals surface area contributed by atoms with Crippen molar-refractivity contribution in [2.24, 2.45) is 0 Å². The van der Waals surface area contributed by atoms with E-state index in [-0.39, 0.29) is 0 Å². The summed E-state index contributed by atoms with van der Waals surface area (Å²) in [5.41, 5.74) is 2.14. The molecule has 0 aliphatic carbocycles. The molecular formula is C16H20BrN3O. The van der Waals surface area contributed by atoms with Gasteiger partial charge in [-0.15, -0.1) is 0 Å². The van der Waals surface area contributed by atoms with E-state index in [1.165, 1.54) is 0 Å². The van der Waals surface area contributed by atoms with Gasteiger partial charge < -0.3 is 10.1 Å². The molecule has 112 valence electrons. The van der Waals surface area contributed by atoms with E-state index >= 15 is 0 Å². The van der Waals surface area contributed by atoms with Gasteiger partial charge in [-0.05, 0) is 37.6 Å². The summed E-state index contributed by atoms with van der Waals surface area (Å²) in [4.78, 5) is 8.48. The number of hydrogen-bond acceptors (Lipinski definition) is 4. The summed E-state index contributed by atoms with van der Waals surface area (Å²) in [5, 5.41) is 3.40. The molecule has 0 bridgehead atoms. The number of rotatable bonds is 7. The van der Waals surface area contributed by atoms with E-state index < -0.39 is 0 Å². The lowest BCUT2D eigenvalue weighted by Crippen LogP contribution is -2.15. The first-order valence-electron chi connectivity index (χ1n) is 7.09. The van der Waals surface area contributed by atoms with E-state index in [0.717, 1.165) is 46.9 Å². The Labute approximate surface area is 134 Å². The van der Waals surface area contributed by atoms with Gasteiger partial charge in [0.05, 0.1) is 12.3 Å². The van der Waals surface area contributed by atoms with Crippen molar-refractivity contribution < 1.29 is 4.74 Å².